The van der Waals surface area contributed by atoms with Gasteiger partial charge in [0.15, 0.2) is 0 Å². The lowest BCUT2D eigenvalue weighted by Gasteiger charge is -2.10. The smallest absolute Gasteiger partial charge is 0.267 e. The zero-order valence-electron chi connectivity index (χ0n) is 9.68. The Morgan fingerprint density at radius 3 is 1.50 bits per heavy atom. The third-order valence-corrected chi connectivity index (χ3v) is 2.57. The third-order valence-electron chi connectivity index (χ3n) is 2.57. The molecule has 0 fully saturated rings. The highest BCUT2D eigenvalue weighted by Gasteiger charge is 2.16. The van der Waals surface area contributed by atoms with Crippen molar-refractivity contribution in [1.82, 2.24) is 10.9 Å². The molecule has 0 saturated heterocycles. The number of carbonyl (C=O) groups excluding carboxylic acids is 2. The minimum Gasteiger partial charge on any atom is -0.267 e. The van der Waals surface area contributed by atoms with Gasteiger partial charge in [0, 0.05) is 11.1 Å². The lowest BCUT2D eigenvalue weighted by atomic mass is 9.97. The molecule has 0 spiro atoms. The number of amides is 2. The van der Waals surface area contributed by atoms with Crippen LogP contribution in [0.5, 0.6) is 0 Å². The van der Waals surface area contributed by atoms with E-state index in [0.717, 1.165) is 0 Å². The summed E-state index contributed by atoms with van der Waals surface area (Å²) in [4.78, 5) is 42.8. The summed E-state index contributed by atoms with van der Waals surface area (Å²) in [6, 6.07) is 2.73. The van der Waals surface area contributed by atoms with Gasteiger partial charge in [0.05, 0.1) is 10.6 Å². The van der Waals surface area contributed by atoms with Gasteiger partial charge in [-0.15, -0.1) is 9.81 Å². The van der Waals surface area contributed by atoms with E-state index in [1.807, 2.05) is 0 Å². The number of carbonyl (C=O) groups is 2. The maximum Gasteiger partial charge on any atom is 0.274 e. The predicted octanol–water partition coefficient (Wildman–Crippen LogP) is 1.13. The van der Waals surface area contributed by atoms with Crippen LogP contribution in [-0.4, -0.2) is 11.8 Å². The van der Waals surface area contributed by atoms with Crippen molar-refractivity contribution in [2.75, 3.05) is 0 Å². The van der Waals surface area contributed by atoms with Gasteiger partial charge in [-0.2, -0.15) is 0 Å². The number of hydrogen-bond acceptors (Lipinski definition) is 6. The van der Waals surface area contributed by atoms with Gasteiger partial charge in [-0.3, -0.25) is 9.59 Å². The highest BCUT2D eigenvalue weighted by atomic mass is 16.3. The monoisotopic (exact) mass is 250 g/mol. The fraction of sp³-hybridized carbons (Fsp3) is 0.200. The fourth-order valence-electron chi connectivity index (χ4n) is 1.52. The number of nitrogens with zero attached hydrogens (tertiary/aromatic N) is 2. The number of hydrogen-bond donors (Lipinski definition) is 2. The van der Waals surface area contributed by atoms with Crippen molar-refractivity contribution in [3.8, 4) is 0 Å². The first-order chi connectivity index (χ1) is 8.52. The van der Waals surface area contributed by atoms with Gasteiger partial charge in [0.1, 0.15) is 0 Å². The second-order valence-corrected chi connectivity index (χ2v) is 3.48. The van der Waals surface area contributed by atoms with E-state index in [1.54, 1.807) is 24.7 Å². The summed E-state index contributed by atoms with van der Waals surface area (Å²) >= 11 is 0. The first-order valence-electron chi connectivity index (χ1n) is 4.88. The molecule has 0 saturated carbocycles. The standard InChI is InChI=1S/C10H10N4O4/c1-5-6(2)8(10(16)12-14-18)4-3-7(5)9(15)11-13-17/h3-4H,1-2H3,(H,11,15,17)(H,12,16,18). The molecule has 0 bridgehead atoms. The molecule has 0 aliphatic carbocycles. The van der Waals surface area contributed by atoms with Crippen molar-refractivity contribution in [3.05, 3.63) is 44.2 Å². The highest BCUT2D eigenvalue weighted by molar-refractivity contribution is 6.00. The van der Waals surface area contributed by atoms with Crippen LogP contribution in [0.4, 0.5) is 0 Å². The maximum absolute atomic E-state index is 11.5. The molecule has 1 aromatic rings. The summed E-state index contributed by atoms with van der Waals surface area (Å²) in [5.74, 6) is -1.32. The Kier molecular flexibility index (Phi) is 4.19. The van der Waals surface area contributed by atoms with Crippen LogP contribution in [0.15, 0.2) is 22.7 Å². The van der Waals surface area contributed by atoms with E-state index in [9.17, 15) is 19.4 Å². The molecular formula is C10H10N4O4. The van der Waals surface area contributed by atoms with Gasteiger partial charge >= 0.3 is 0 Å². The topological polar surface area (TPSA) is 117 Å². The third kappa shape index (κ3) is 2.54. The van der Waals surface area contributed by atoms with Crippen molar-refractivity contribution in [2.45, 2.75) is 13.8 Å². The summed E-state index contributed by atoms with van der Waals surface area (Å²) < 4.78 is 0. The van der Waals surface area contributed by atoms with E-state index in [-0.39, 0.29) is 11.1 Å². The predicted molar refractivity (Wildman–Crippen MR) is 62.4 cm³/mol. The molecule has 1 rings (SSSR count). The van der Waals surface area contributed by atoms with Crippen molar-refractivity contribution in [1.29, 1.82) is 0 Å². The second kappa shape index (κ2) is 5.62. The Bertz CT molecular complexity index is 480. The van der Waals surface area contributed by atoms with Crippen LogP contribution in [0.2, 0.25) is 0 Å². The molecule has 8 heteroatoms. The molecule has 2 amide bonds. The average molecular weight is 250 g/mol. The SMILES string of the molecule is Cc1c(C(=O)NN=O)ccc(C(=O)NN=O)c1C. The molecule has 0 unspecified atom stereocenters. The van der Waals surface area contributed by atoms with Crippen LogP contribution in [0.1, 0.15) is 31.8 Å². The molecule has 94 valence electrons. The Balaban J connectivity index is 3.20. The van der Waals surface area contributed by atoms with Gasteiger partial charge in [0.2, 0.25) is 0 Å². The Hall–Kier alpha value is -2.64. The molecule has 0 aliphatic heterocycles. The van der Waals surface area contributed by atoms with Crippen LogP contribution >= 0.6 is 0 Å². The molecule has 8 nitrogen and oxygen atoms in total. The highest BCUT2D eigenvalue weighted by Crippen LogP contribution is 2.18. The van der Waals surface area contributed by atoms with E-state index in [2.05, 4.69) is 10.6 Å². The molecular weight excluding hydrogens is 240 g/mol. The molecule has 0 atom stereocenters. The maximum atomic E-state index is 11.5. The van der Waals surface area contributed by atoms with Crippen LogP contribution < -0.4 is 10.9 Å². The largest absolute Gasteiger partial charge is 0.274 e. The Morgan fingerprint density at radius 1 is 0.889 bits per heavy atom. The average Bonchev–Trinajstić information content (AvgIpc) is 2.33. The summed E-state index contributed by atoms with van der Waals surface area (Å²) in [7, 11) is 0. The van der Waals surface area contributed by atoms with Gasteiger partial charge in [-0.25, -0.2) is 10.9 Å². The molecule has 0 radical (unpaired) electrons. The van der Waals surface area contributed by atoms with E-state index in [0.29, 0.717) is 11.1 Å². The lowest BCUT2D eigenvalue weighted by molar-refractivity contribution is 0.0941. The summed E-state index contributed by atoms with van der Waals surface area (Å²) in [5, 5.41) is 4.57. The number of rotatable bonds is 4. The number of benzene rings is 1. The lowest BCUT2D eigenvalue weighted by Crippen LogP contribution is -2.21. The van der Waals surface area contributed by atoms with E-state index >= 15 is 0 Å². The van der Waals surface area contributed by atoms with Gasteiger partial charge < -0.3 is 0 Å². The van der Waals surface area contributed by atoms with Crippen LogP contribution in [0, 0.1) is 23.7 Å². The minimum absolute atomic E-state index is 0.225. The summed E-state index contributed by atoms with van der Waals surface area (Å²) in [6.07, 6.45) is 0. The zero-order chi connectivity index (χ0) is 13.7. The summed E-state index contributed by atoms with van der Waals surface area (Å²) in [5.41, 5.74) is 5.00. The van der Waals surface area contributed by atoms with E-state index in [1.165, 1.54) is 12.1 Å². The van der Waals surface area contributed by atoms with Crippen molar-refractivity contribution >= 4 is 11.8 Å². The quantitative estimate of drug-likeness (QED) is 0.615. The zero-order valence-corrected chi connectivity index (χ0v) is 9.68. The molecule has 1 aromatic carbocycles. The second-order valence-electron chi connectivity index (χ2n) is 3.48. The first kappa shape index (κ1) is 13.4. The summed E-state index contributed by atoms with van der Waals surface area (Å²) in [6.45, 7) is 3.22. The molecule has 0 heterocycles. The fourth-order valence-corrected chi connectivity index (χ4v) is 1.52. The normalized spacial score (nSPS) is 9.44. The van der Waals surface area contributed by atoms with Crippen LogP contribution in [0.3, 0.4) is 0 Å². The number of nitrogens with one attached hydrogen (secondary N) is 2. The van der Waals surface area contributed by atoms with Crippen molar-refractivity contribution < 1.29 is 9.59 Å². The number of nitroso groups, excluding NO2 is 2. The minimum atomic E-state index is -0.661. The first-order valence-corrected chi connectivity index (χ1v) is 4.88. The van der Waals surface area contributed by atoms with E-state index < -0.39 is 11.8 Å². The molecule has 0 aromatic heterocycles. The van der Waals surface area contributed by atoms with Gasteiger partial charge in [-0.05, 0) is 37.1 Å². The van der Waals surface area contributed by atoms with E-state index in [4.69, 9.17) is 0 Å². The van der Waals surface area contributed by atoms with Gasteiger partial charge in [-0.1, -0.05) is 0 Å². The van der Waals surface area contributed by atoms with Crippen molar-refractivity contribution in [3.63, 3.8) is 0 Å². The molecule has 2 N–H and O–H groups in total. The molecule has 0 aliphatic rings. The van der Waals surface area contributed by atoms with Crippen LogP contribution in [-0.2, 0) is 0 Å². The Labute approximate surface area is 102 Å². The van der Waals surface area contributed by atoms with Crippen LogP contribution in [0.25, 0.3) is 0 Å². The Morgan fingerprint density at radius 2 is 1.22 bits per heavy atom. The van der Waals surface area contributed by atoms with Gasteiger partial charge in [0.25, 0.3) is 11.8 Å². The van der Waals surface area contributed by atoms with Crippen molar-refractivity contribution in [2.24, 2.45) is 10.6 Å². The molecule has 18 heavy (non-hydrogen) atoms.